The van der Waals surface area contributed by atoms with Crippen LogP contribution < -0.4 is 0 Å². The van der Waals surface area contributed by atoms with Crippen molar-refractivity contribution in [3.05, 3.63) is 36.3 Å². The van der Waals surface area contributed by atoms with Crippen molar-refractivity contribution < 1.29 is 14.6 Å². The minimum Gasteiger partial charge on any atom is -0.481 e. The van der Waals surface area contributed by atoms with E-state index in [9.17, 15) is 4.79 Å². The van der Waals surface area contributed by atoms with E-state index in [4.69, 9.17) is 14.8 Å². The molecular weight excluding hydrogens is 350 g/mol. The van der Waals surface area contributed by atoms with Crippen LogP contribution in [0.25, 0.3) is 21.9 Å². The third kappa shape index (κ3) is 4.34. The van der Waals surface area contributed by atoms with Crippen molar-refractivity contribution in [2.24, 2.45) is 0 Å². The number of aryl methyl sites for hydroxylation is 1. The van der Waals surface area contributed by atoms with Crippen LogP contribution in [0.2, 0.25) is 0 Å². The van der Waals surface area contributed by atoms with Gasteiger partial charge in [-0.25, -0.2) is 4.98 Å². The maximum Gasteiger partial charge on any atom is 0.313 e. The highest BCUT2D eigenvalue weighted by molar-refractivity contribution is 7.99. The normalized spacial score (nSPS) is 11.4. The van der Waals surface area contributed by atoms with Gasteiger partial charge in [0.25, 0.3) is 0 Å². The van der Waals surface area contributed by atoms with Crippen molar-refractivity contribution in [1.82, 2.24) is 14.5 Å². The summed E-state index contributed by atoms with van der Waals surface area (Å²) in [6.07, 6.45) is 3.76. The minimum atomic E-state index is -0.756. The highest BCUT2D eigenvalue weighted by Crippen LogP contribution is 2.25. The zero-order chi connectivity index (χ0) is 18.4. The number of nitrogens with zero attached hydrogens (tertiary/aromatic N) is 3. The Balaban J connectivity index is 1.82. The fourth-order valence-electron chi connectivity index (χ4n) is 2.99. The number of carbonyl (C=O) groups is 1. The fourth-order valence-corrected chi connectivity index (χ4v) is 3.72. The number of thioether (sulfide) groups is 1. The summed E-state index contributed by atoms with van der Waals surface area (Å²) in [5.74, 6) is 1.17. The third-order valence-electron chi connectivity index (χ3n) is 4.14. The summed E-state index contributed by atoms with van der Waals surface area (Å²) in [5.41, 5.74) is 2.95. The molecule has 0 unspecified atom stereocenters. The van der Waals surface area contributed by atoms with E-state index in [-0.39, 0.29) is 5.75 Å². The van der Waals surface area contributed by atoms with E-state index in [0.717, 1.165) is 52.9 Å². The van der Waals surface area contributed by atoms with Gasteiger partial charge in [-0.05, 0) is 31.6 Å². The van der Waals surface area contributed by atoms with Crippen LogP contribution in [0.3, 0.4) is 0 Å². The van der Waals surface area contributed by atoms with Gasteiger partial charge in [-0.15, -0.1) is 0 Å². The molecule has 3 aromatic rings. The molecule has 3 rings (SSSR count). The summed E-state index contributed by atoms with van der Waals surface area (Å²) in [6, 6.07) is 8.10. The maximum atomic E-state index is 10.6. The molecule has 0 fully saturated rings. The number of benzene rings is 1. The Hall–Kier alpha value is -2.12. The highest BCUT2D eigenvalue weighted by atomic mass is 32.2. The predicted molar refractivity (Wildman–Crippen MR) is 105 cm³/mol. The van der Waals surface area contributed by atoms with Gasteiger partial charge in [0.1, 0.15) is 17.9 Å². The average molecular weight is 373 g/mol. The van der Waals surface area contributed by atoms with Crippen LogP contribution >= 0.6 is 11.8 Å². The molecule has 0 aliphatic carbocycles. The van der Waals surface area contributed by atoms with Gasteiger partial charge < -0.3 is 14.4 Å². The van der Waals surface area contributed by atoms with Gasteiger partial charge in [-0.3, -0.25) is 9.78 Å². The van der Waals surface area contributed by atoms with Crippen LogP contribution in [0.4, 0.5) is 0 Å². The Kier molecular flexibility index (Phi) is 6.46. The Morgan fingerprint density at radius 1 is 1.27 bits per heavy atom. The number of pyridine rings is 1. The molecule has 0 aliphatic heterocycles. The molecule has 1 N–H and O–H groups in total. The first-order chi connectivity index (χ1) is 12.7. The number of rotatable bonds is 10. The van der Waals surface area contributed by atoms with Gasteiger partial charge in [0, 0.05) is 18.5 Å². The lowest BCUT2D eigenvalue weighted by Gasteiger charge is -2.10. The number of aromatic nitrogens is 3. The lowest BCUT2D eigenvalue weighted by Crippen LogP contribution is -2.07. The van der Waals surface area contributed by atoms with E-state index in [1.165, 1.54) is 11.8 Å². The number of para-hydroxylation sites is 1. The van der Waals surface area contributed by atoms with Crippen molar-refractivity contribution in [2.45, 2.75) is 32.9 Å². The first-order valence-corrected chi connectivity index (χ1v) is 9.96. The second-order valence-corrected chi connectivity index (χ2v) is 7.08. The van der Waals surface area contributed by atoms with Gasteiger partial charge in [0.15, 0.2) is 0 Å². The molecule has 26 heavy (non-hydrogen) atoms. The first-order valence-electron chi connectivity index (χ1n) is 8.81. The zero-order valence-corrected chi connectivity index (χ0v) is 15.7. The quantitative estimate of drug-likeness (QED) is 0.546. The Labute approximate surface area is 156 Å². The number of ether oxygens (including phenoxy) is 1. The number of hydrogen-bond acceptors (Lipinski definition) is 5. The monoisotopic (exact) mass is 373 g/mol. The second kappa shape index (κ2) is 9.00. The van der Waals surface area contributed by atoms with Crippen LogP contribution in [0.5, 0.6) is 0 Å². The molecule has 1 aromatic carbocycles. The number of carboxylic acid groups (broad SMARTS) is 1. The Morgan fingerprint density at radius 3 is 2.92 bits per heavy atom. The van der Waals surface area contributed by atoms with Gasteiger partial charge in [-0.2, -0.15) is 11.8 Å². The molecule has 0 radical (unpaired) electrons. The smallest absolute Gasteiger partial charge is 0.313 e. The molecule has 7 heteroatoms. The molecule has 0 amide bonds. The summed E-state index contributed by atoms with van der Waals surface area (Å²) in [7, 11) is 0. The van der Waals surface area contributed by atoms with E-state index in [1.54, 1.807) is 0 Å². The summed E-state index contributed by atoms with van der Waals surface area (Å²) in [6.45, 7) is 3.94. The third-order valence-corrected chi connectivity index (χ3v) is 5.17. The maximum absolute atomic E-state index is 10.6. The topological polar surface area (TPSA) is 77.2 Å². The van der Waals surface area contributed by atoms with E-state index in [1.807, 2.05) is 31.3 Å². The standard InChI is InChI=1S/C19H23N3O3S/c1-2-25-12-17-21-16-11-20-15-8-4-3-7-14(15)19(16)22(17)9-5-6-10-26-13-18(23)24/h3-4,7-8,11H,2,5-6,9-10,12-13H2,1H3,(H,23,24). The minimum absolute atomic E-state index is 0.167. The summed E-state index contributed by atoms with van der Waals surface area (Å²) in [5, 5.41) is 9.80. The van der Waals surface area contributed by atoms with E-state index >= 15 is 0 Å². The number of hydrogen-bond donors (Lipinski definition) is 1. The average Bonchev–Trinajstić information content (AvgIpc) is 3.00. The predicted octanol–water partition coefficient (Wildman–Crippen LogP) is 3.72. The molecule has 0 spiro atoms. The van der Waals surface area contributed by atoms with E-state index in [0.29, 0.717) is 13.2 Å². The summed E-state index contributed by atoms with van der Waals surface area (Å²) >= 11 is 1.46. The van der Waals surface area contributed by atoms with Crippen LogP contribution in [0, 0.1) is 0 Å². The number of unbranched alkanes of at least 4 members (excludes halogenated alkanes) is 1. The second-order valence-electron chi connectivity index (χ2n) is 5.98. The van der Waals surface area contributed by atoms with Gasteiger partial charge in [-0.1, -0.05) is 18.2 Å². The van der Waals surface area contributed by atoms with Crippen molar-refractivity contribution in [3.63, 3.8) is 0 Å². The summed E-state index contributed by atoms with van der Waals surface area (Å²) < 4.78 is 7.83. The molecule has 138 valence electrons. The molecule has 0 saturated heterocycles. The first kappa shape index (κ1) is 18.7. The van der Waals surface area contributed by atoms with E-state index in [2.05, 4.69) is 15.6 Å². The molecular formula is C19H23N3O3S. The lowest BCUT2D eigenvalue weighted by atomic mass is 10.2. The molecule has 6 nitrogen and oxygen atoms in total. The fraction of sp³-hybridized carbons (Fsp3) is 0.421. The number of carboxylic acids is 1. The molecule has 2 heterocycles. The molecule has 0 atom stereocenters. The highest BCUT2D eigenvalue weighted by Gasteiger charge is 2.14. The van der Waals surface area contributed by atoms with Crippen molar-refractivity contribution in [2.75, 3.05) is 18.1 Å². The zero-order valence-electron chi connectivity index (χ0n) is 14.9. The van der Waals surface area contributed by atoms with Gasteiger partial charge >= 0.3 is 5.97 Å². The summed E-state index contributed by atoms with van der Waals surface area (Å²) in [4.78, 5) is 19.8. The lowest BCUT2D eigenvalue weighted by molar-refractivity contribution is -0.133. The van der Waals surface area contributed by atoms with Crippen molar-refractivity contribution >= 4 is 39.7 Å². The number of fused-ring (bicyclic) bond motifs is 3. The van der Waals surface area contributed by atoms with Crippen LogP contribution in [-0.2, 0) is 22.7 Å². The molecule has 2 aromatic heterocycles. The van der Waals surface area contributed by atoms with Crippen LogP contribution in [0.1, 0.15) is 25.6 Å². The Bertz CT molecular complexity index is 894. The largest absolute Gasteiger partial charge is 0.481 e. The van der Waals surface area contributed by atoms with Crippen LogP contribution in [-0.4, -0.2) is 43.7 Å². The Morgan fingerprint density at radius 2 is 2.12 bits per heavy atom. The van der Waals surface area contributed by atoms with Crippen LogP contribution in [0.15, 0.2) is 30.5 Å². The molecule has 0 bridgehead atoms. The molecule has 0 aliphatic rings. The number of imidazole rings is 1. The van der Waals surface area contributed by atoms with E-state index < -0.39 is 5.97 Å². The SMILES string of the molecule is CCOCc1nc2cnc3ccccc3c2n1CCCCSCC(=O)O. The van der Waals surface area contributed by atoms with Crippen molar-refractivity contribution in [3.8, 4) is 0 Å². The van der Waals surface area contributed by atoms with Crippen molar-refractivity contribution in [1.29, 1.82) is 0 Å². The number of aliphatic carboxylic acids is 1. The van der Waals surface area contributed by atoms with Gasteiger partial charge in [0.2, 0.25) is 0 Å². The van der Waals surface area contributed by atoms with Gasteiger partial charge in [0.05, 0.1) is 23.0 Å². The molecule has 0 saturated carbocycles.